The van der Waals surface area contributed by atoms with Crippen LogP contribution in [0.2, 0.25) is 0 Å². The zero-order valence-electron chi connectivity index (χ0n) is 16.8. The van der Waals surface area contributed by atoms with E-state index in [0.717, 1.165) is 5.56 Å². The topological polar surface area (TPSA) is 115 Å². The predicted octanol–water partition coefficient (Wildman–Crippen LogP) is 1.18. The van der Waals surface area contributed by atoms with E-state index in [4.69, 9.17) is 18.9 Å². The molecular weight excluding hydrogens is 392 g/mol. The first-order valence-electron chi connectivity index (χ1n) is 9.58. The predicted molar refractivity (Wildman–Crippen MR) is 106 cm³/mol. The van der Waals surface area contributed by atoms with Crippen molar-refractivity contribution in [2.75, 3.05) is 13.7 Å². The SMILES string of the molecule is CO[C@@H]1O[C@H](COC(=O)c2cccc(OCc3ccccc3)c2C)[C@@H](O)[C@H](O)[C@H]1O. The van der Waals surface area contributed by atoms with E-state index in [-0.39, 0.29) is 6.61 Å². The molecule has 0 bridgehead atoms. The van der Waals surface area contributed by atoms with Crippen molar-refractivity contribution in [3.8, 4) is 5.75 Å². The van der Waals surface area contributed by atoms with Gasteiger partial charge >= 0.3 is 5.97 Å². The number of benzene rings is 2. The fourth-order valence-corrected chi connectivity index (χ4v) is 3.21. The van der Waals surface area contributed by atoms with Crippen LogP contribution in [0, 0.1) is 6.92 Å². The van der Waals surface area contributed by atoms with Crippen molar-refractivity contribution in [2.45, 2.75) is 44.2 Å². The molecule has 2 aromatic rings. The zero-order chi connectivity index (χ0) is 21.7. The third-order valence-corrected chi connectivity index (χ3v) is 5.02. The smallest absolute Gasteiger partial charge is 0.338 e. The molecule has 3 N–H and O–H groups in total. The lowest BCUT2D eigenvalue weighted by Crippen LogP contribution is -2.59. The summed E-state index contributed by atoms with van der Waals surface area (Å²) in [6.45, 7) is 1.79. The van der Waals surface area contributed by atoms with Gasteiger partial charge in [0.15, 0.2) is 6.29 Å². The molecule has 8 nitrogen and oxygen atoms in total. The van der Waals surface area contributed by atoms with Crippen molar-refractivity contribution in [3.05, 3.63) is 65.2 Å². The third-order valence-electron chi connectivity index (χ3n) is 5.02. The monoisotopic (exact) mass is 418 g/mol. The Hall–Kier alpha value is -2.49. The molecule has 1 heterocycles. The maximum atomic E-state index is 12.6. The molecule has 0 spiro atoms. The molecule has 1 aliphatic rings. The van der Waals surface area contributed by atoms with Gasteiger partial charge in [0.05, 0.1) is 5.56 Å². The molecule has 30 heavy (non-hydrogen) atoms. The van der Waals surface area contributed by atoms with Crippen molar-refractivity contribution in [1.29, 1.82) is 0 Å². The fourth-order valence-electron chi connectivity index (χ4n) is 3.21. The Bertz CT molecular complexity index is 838. The second-order valence-corrected chi connectivity index (χ2v) is 7.05. The average molecular weight is 418 g/mol. The zero-order valence-corrected chi connectivity index (χ0v) is 16.8. The Labute approximate surface area is 174 Å². The fraction of sp³-hybridized carbons (Fsp3) is 0.409. The molecule has 8 heteroatoms. The first-order chi connectivity index (χ1) is 14.4. The van der Waals surface area contributed by atoms with E-state index in [0.29, 0.717) is 23.5 Å². The van der Waals surface area contributed by atoms with Crippen molar-refractivity contribution in [2.24, 2.45) is 0 Å². The number of hydrogen-bond acceptors (Lipinski definition) is 8. The summed E-state index contributed by atoms with van der Waals surface area (Å²) in [4.78, 5) is 12.6. The number of esters is 1. The third kappa shape index (κ3) is 4.97. The second kappa shape index (κ2) is 10.0. The van der Waals surface area contributed by atoms with Crippen LogP contribution in [0.1, 0.15) is 21.5 Å². The minimum Gasteiger partial charge on any atom is -0.489 e. The summed E-state index contributed by atoms with van der Waals surface area (Å²) < 4.78 is 21.4. The highest BCUT2D eigenvalue weighted by atomic mass is 16.7. The Balaban J connectivity index is 1.62. The summed E-state index contributed by atoms with van der Waals surface area (Å²) in [5.41, 5.74) is 1.94. The molecule has 0 saturated carbocycles. The van der Waals surface area contributed by atoms with Crippen LogP contribution >= 0.6 is 0 Å². The van der Waals surface area contributed by atoms with Crippen LogP contribution < -0.4 is 4.74 Å². The van der Waals surface area contributed by atoms with Gasteiger partial charge in [0, 0.05) is 12.7 Å². The normalized spacial score (nSPS) is 26.2. The number of ether oxygens (including phenoxy) is 4. The van der Waals surface area contributed by atoms with Gasteiger partial charge in [0.25, 0.3) is 0 Å². The number of aliphatic hydroxyl groups excluding tert-OH is 3. The van der Waals surface area contributed by atoms with Crippen molar-refractivity contribution in [3.63, 3.8) is 0 Å². The lowest BCUT2D eigenvalue weighted by molar-refractivity contribution is -0.294. The standard InChI is InChI=1S/C22H26O8/c1-13-15(9-6-10-16(13)28-11-14-7-4-3-5-8-14)21(26)29-12-17-18(23)19(24)20(25)22(27-2)30-17/h3-10,17-20,22-25H,11-12H2,1-2H3/t17-,18-,19+,20-,22-/m1/s1. The van der Waals surface area contributed by atoms with Gasteiger partial charge in [-0.25, -0.2) is 4.79 Å². The summed E-state index contributed by atoms with van der Waals surface area (Å²) in [6, 6.07) is 14.7. The lowest BCUT2D eigenvalue weighted by atomic mass is 9.99. The van der Waals surface area contributed by atoms with E-state index in [2.05, 4.69) is 0 Å². The van der Waals surface area contributed by atoms with Crippen LogP contribution in [0.3, 0.4) is 0 Å². The van der Waals surface area contributed by atoms with Gasteiger partial charge in [0.2, 0.25) is 0 Å². The minimum absolute atomic E-state index is 0.315. The number of carbonyl (C=O) groups excluding carboxylic acids is 1. The van der Waals surface area contributed by atoms with Gasteiger partial charge in [-0.3, -0.25) is 0 Å². The van der Waals surface area contributed by atoms with E-state index in [1.165, 1.54) is 7.11 Å². The van der Waals surface area contributed by atoms with Gasteiger partial charge in [0.1, 0.15) is 43.4 Å². The molecule has 3 rings (SSSR count). The summed E-state index contributed by atoms with van der Waals surface area (Å²) in [5, 5.41) is 29.8. The molecule has 0 unspecified atom stereocenters. The van der Waals surface area contributed by atoms with Gasteiger partial charge in [-0.05, 0) is 24.6 Å². The molecule has 5 atom stereocenters. The second-order valence-electron chi connectivity index (χ2n) is 7.05. The summed E-state index contributed by atoms with van der Waals surface area (Å²) in [7, 11) is 1.30. The van der Waals surface area contributed by atoms with Crippen LogP contribution in [0.5, 0.6) is 5.75 Å². The molecule has 0 aromatic heterocycles. The van der Waals surface area contributed by atoms with Crippen LogP contribution in [-0.2, 0) is 20.8 Å². The maximum Gasteiger partial charge on any atom is 0.338 e. The highest BCUT2D eigenvalue weighted by molar-refractivity contribution is 5.91. The molecule has 2 aromatic carbocycles. The highest BCUT2D eigenvalue weighted by Crippen LogP contribution is 2.25. The van der Waals surface area contributed by atoms with E-state index < -0.39 is 36.7 Å². The molecule has 0 radical (unpaired) electrons. The quantitative estimate of drug-likeness (QED) is 0.575. The Morgan fingerprint density at radius 2 is 1.73 bits per heavy atom. The number of methoxy groups -OCH3 is 1. The molecule has 0 aliphatic carbocycles. The molecule has 1 aliphatic heterocycles. The molecular formula is C22H26O8. The highest BCUT2D eigenvalue weighted by Gasteiger charge is 2.44. The van der Waals surface area contributed by atoms with Gasteiger partial charge in [-0.15, -0.1) is 0 Å². The van der Waals surface area contributed by atoms with Crippen LogP contribution in [0.15, 0.2) is 48.5 Å². The van der Waals surface area contributed by atoms with Gasteiger partial charge < -0.3 is 34.3 Å². The average Bonchev–Trinajstić information content (AvgIpc) is 2.77. The number of rotatable bonds is 7. The summed E-state index contributed by atoms with van der Waals surface area (Å²) in [5.74, 6) is -0.0664. The van der Waals surface area contributed by atoms with Crippen molar-refractivity contribution < 1.29 is 39.1 Å². The number of hydrogen-bond donors (Lipinski definition) is 3. The van der Waals surface area contributed by atoms with Gasteiger partial charge in [-0.2, -0.15) is 0 Å². The van der Waals surface area contributed by atoms with Crippen molar-refractivity contribution in [1.82, 2.24) is 0 Å². The van der Waals surface area contributed by atoms with Crippen LogP contribution in [-0.4, -0.2) is 65.7 Å². The van der Waals surface area contributed by atoms with Crippen molar-refractivity contribution >= 4 is 5.97 Å². The Morgan fingerprint density at radius 1 is 1.00 bits per heavy atom. The lowest BCUT2D eigenvalue weighted by Gasteiger charge is -2.39. The molecule has 1 fully saturated rings. The largest absolute Gasteiger partial charge is 0.489 e. The Kier molecular flexibility index (Phi) is 7.41. The summed E-state index contributed by atoms with van der Waals surface area (Å²) >= 11 is 0. The number of aliphatic hydroxyl groups is 3. The molecule has 162 valence electrons. The Morgan fingerprint density at radius 3 is 2.43 bits per heavy atom. The van der Waals surface area contributed by atoms with Crippen LogP contribution in [0.4, 0.5) is 0 Å². The van der Waals surface area contributed by atoms with Gasteiger partial charge in [-0.1, -0.05) is 36.4 Å². The minimum atomic E-state index is -1.48. The number of carbonyl (C=O) groups is 1. The summed E-state index contributed by atoms with van der Waals surface area (Å²) in [6.07, 6.45) is -6.50. The first-order valence-corrected chi connectivity index (χ1v) is 9.58. The molecule has 1 saturated heterocycles. The molecule has 0 amide bonds. The van der Waals surface area contributed by atoms with E-state index in [1.807, 2.05) is 30.3 Å². The van der Waals surface area contributed by atoms with E-state index >= 15 is 0 Å². The van der Waals surface area contributed by atoms with E-state index in [1.54, 1.807) is 25.1 Å². The van der Waals surface area contributed by atoms with E-state index in [9.17, 15) is 20.1 Å². The van der Waals surface area contributed by atoms with Crippen LogP contribution in [0.25, 0.3) is 0 Å². The maximum absolute atomic E-state index is 12.6. The first kappa shape index (κ1) is 22.2.